The second-order valence-corrected chi connectivity index (χ2v) is 8.27. The highest BCUT2D eigenvalue weighted by Crippen LogP contribution is 2.28. The minimum Gasteiger partial charge on any atom is -0.325 e. The van der Waals surface area contributed by atoms with Gasteiger partial charge in [0, 0.05) is 30.2 Å². The fourth-order valence-electron chi connectivity index (χ4n) is 3.20. The molecule has 1 aromatic carbocycles. The Kier molecular flexibility index (Phi) is 6.49. The fourth-order valence-corrected chi connectivity index (χ4v) is 4.06. The Morgan fingerprint density at radius 1 is 1.21 bits per heavy atom. The zero-order chi connectivity index (χ0) is 21.0. The molecule has 2 heterocycles. The molecular weight excluding hydrogens is 382 g/mol. The molecule has 0 aliphatic carbocycles. The molecule has 1 amide bonds. The van der Waals surface area contributed by atoms with Gasteiger partial charge in [-0.15, -0.1) is 16.8 Å². The second kappa shape index (κ2) is 9.05. The number of hydrogen-bond acceptors (Lipinski definition) is 5. The van der Waals surface area contributed by atoms with Gasteiger partial charge in [-0.2, -0.15) is 0 Å². The second-order valence-electron chi connectivity index (χ2n) is 6.96. The van der Waals surface area contributed by atoms with Crippen LogP contribution in [-0.2, 0) is 11.3 Å². The molecule has 0 aliphatic heterocycles. The van der Waals surface area contributed by atoms with Gasteiger partial charge in [-0.05, 0) is 51.0 Å². The van der Waals surface area contributed by atoms with Crippen LogP contribution in [0.5, 0.6) is 0 Å². The zero-order valence-corrected chi connectivity index (χ0v) is 18.0. The summed E-state index contributed by atoms with van der Waals surface area (Å²) in [5.41, 5.74) is 5.09. The Morgan fingerprint density at radius 3 is 2.48 bits per heavy atom. The van der Waals surface area contributed by atoms with Crippen molar-refractivity contribution in [1.82, 2.24) is 19.7 Å². The third-order valence-corrected chi connectivity index (χ3v) is 5.62. The summed E-state index contributed by atoms with van der Waals surface area (Å²) >= 11 is 1.38. The van der Waals surface area contributed by atoms with E-state index in [-0.39, 0.29) is 11.2 Å². The van der Waals surface area contributed by atoms with Gasteiger partial charge in [-0.3, -0.25) is 14.3 Å². The molecule has 1 atom stereocenters. The van der Waals surface area contributed by atoms with E-state index >= 15 is 0 Å². The molecule has 150 valence electrons. The minimum atomic E-state index is -0.340. The number of amides is 1. The third-order valence-electron chi connectivity index (χ3n) is 4.54. The van der Waals surface area contributed by atoms with Crippen molar-refractivity contribution in [2.45, 2.75) is 44.6 Å². The summed E-state index contributed by atoms with van der Waals surface area (Å²) in [5.74, 6) is 0.663. The van der Waals surface area contributed by atoms with E-state index in [1.165, 1.54) is 17.3 Å². The van der Waals surface area contributed by atoms with Crippen molar-refractivity contribution in [3.8, 4) is 11.4 Å². The van der Waals surface area contributed by atoms with Crippen LogP contribution in [0, 0.1) is 20.8 Å². The predicted molar refractivity (Wildman–Crippen MR) is 118 cm³/mol. The van der Waals surface area contributed by atoms with Crippen LogP contribution in [0.15, 0.2) is 54.5 Å². The van der Waals surface area contributed by atoms with E-state index in [2.05, 4.69) is 46.1 Å². The van der Waals surface area contributed by atoms with Crippen LogP contribution in [0.25, 0.3) is 11.4 Å². The Labute approximate surface area is 175 Å². The van der Waals surface area contributed by atoms with Crippen molar-refractivity contribution < 1.29 is 4.79 Å². The lowest BCUT2D eigenvalue weighted by atomic mass is 10.1. The summed E-state index contributed by atoms with van der Waals surface area (Å²) in [4.78, 5) is 16.9. The molecule has 2 aromatic heterocycles. The molecule has 0 aliphatic rings. The number of pyridine rings is 1. The van der Waals surface area contributed by atoms with Gasteiger partial charge >= 0.3 is 0 Å². The number of allylic oxidation sites excluding steroid dienone is 1. The summed E-state index contributed by atoms with van der Waals surface area (Å²) < 4.78 is 1.96. The van der Waals surface area contributed by atoms with E-state index in [0.29, 0.717) is 11.7 Å². The van der Waals surface area contributed by atoms with Crippen molar-refractivity contribution in [1.29, 1.82) is 0 Å². The number of aryl methyl sites for hydroxylation is 3. The number of anilines is 1. The normalized spacial score (nSPS) is 11.9. The maximum Gasteiger partial charge on any atom is 0.237 e. The Balaban J connectivity index is 1.80. The lowest BCUT2D eigenvalue weighted by Gasteiger charge is -2.16. The van der Waals surface area contributed by atoms with Gasteiger partial charge in [-0.1, -0.05) is 35.5 Å². The van der Waals surface area contributed by atoms with E-state index < -0.39 is 0 Å². The third kappa shape index (κ3) is 4.74. The molecule has 29 heavy (non-hydrogen) atoms. The maximum atomic E-state index is 12.8. The molecule has 3 rings (SSSR count). The number of aromatic nitrogens is 4. The van der Waals surface area contributed by atoms with Crippen molar-refractivity contribution in [2.24, 2.45) is 0 Å². The number of nitrogens with zero attached hydrogens (tertiary/aromatic N) is 4. The summed E-state index contributed by atoms with van der Waals surface area (Å²) in [7, 11) is 0. The average molecular weight is 408 g/mol. The number of carbonyl (C=O) groups is 1. The van der Waals surface area contributed by atoms with Gasteiger partial charge in [0.15, 0.2) is 11.0 Å². The van der Waals surface area contributed by atoms with Gasteiger partial charge in [0.25, 0.3) is 0 Å². The summed E-state index contributed by atoms with van der Waals surface area (Å²) in [6.07, 6.45) is 5.23. The van der Waals surface area contributed by atoms with Crippen LogP contribution in [0.4, 0.5) is 5.69 Å². The lowest BCUT2D eigenvalue weighted by molar-refractivity contribution is -0.115. The van der Waals surface area contributed by atoms with Gasteiger partial charge < -0.3 is 5.32 Å². The Morgan fingerprint density at radius 2 is 1.86 bits per heavy atom. The zero-order valence-electron chi connectivity index (χ0n) is 17.1. The molecule has 0 saturated carbocycles. The van der Waals surface area contributed by atoms with Gasteiger partial charge in [0.1, 0.15) is 0 Å². The molecule has 0 bridgehead atoms. The van der Waals surface area contributed by atoms with E-state index in [9.17, 15) is 4.79 Å². The van der Waals surface area contributed by atoms with Gasteiger partial charge in [0.2, 0.25) is 5.91 Å². The molecule has 6 nitrogen and oxygen atoms in total. The first-order valence-electron chi connectivity index (χ1n) is 9.40. The standard InChI is InChI=1S/C22H25N5OS/c1-6-11-27-20(18-7-9-23-10-8-18)25-26-22(27)29-17(5)21(28)24-19-15(3)12-14(2)13-16(19)4/h6-10,12-13,17H,1,11H2,2-5H3,(H,24,28)/t17-/m1/s1. The van der Waals surface area contributed by atoms with E-state index in [4.69, 9.17) is 0 Å². The van der Waals surface area contributed by atoms with Crippen LogP contribution in [0.2, 0.25) is 0 Å². The Hall–Kier alpha value is -2.93. The van der Waals surface area contributed by atoms with Crippen LogP contribution in [0.3, 0.4) is 0 Å². The van der Waals surface area contributed by atoms with E-state index in [1.807, 2.05) is 37.5 Å². The summed E-state index contributed by atoms with van der Waals surface area (Å²) in [5, 5.41) is 12.0. The first kappa shape index (κ1) is 20.8. The number of thioether (sulfide) groups is 1. The van der Waals surface area contributed by atoms with Crippen molar-refractivity contribution in [2.75, 3.05) is 5.32 Å². The van der Waals surface area contributed by atoms with Crippen LogP contribution < -0.4 is 5.32 Å². The van der Waals surface area contributed by atoms with Gasteiger partial charge in [0.05, 0.1) is 5.25 Å². The highest BCUT2D eigenvalue weighted by molar-refractivity contribution is 8.00. The lowest BCUT2D eigenvalue weighted by Crippen LogP contribution is -2.24. The minimum absolute atomic E-state index is 0.0660. The Bertz CT molecular complexity index is 1010. The van der Waals surface area contributed by atoms with Crippen LogP contribution in [-0.4, -0.2) is 30.9 Å². The van der Waals surface area contributed by atoms with Crippen molar-refractivity contribution >= 4 is 23.4 Å². The smallest absolute Gasteiger partial charge is 0.237 e. The van der Waals surface area contributed by atoms with E-state index in [0.717, 1.165) is 28.2 Å². The van der Waals surface area contributed by atoms with Crippen LogP contribution in [0.1, 0.15) is 23.6 Å². The van der Waals surface area contributed by atoms with Crippen molar-refractivity contribution in [3.05, 3.63) is 66.0 Å². The number of rotatable bonds is 7. The molecule has 0 radical (unpaired) electrons. The first-order valence-corrected chi connectivity index (χ1v) is 10.3. The van der Waals surface area contributed by atoms with E-state index in [1.54, 1.807) is 18.5 Å². The SMILES string of the molecule is C=CCn1c(S[C@H](C)C(=O)Nc2c(C)cc(C)cc2C)nnc1-c1ccncc1. The number of hydrogen-bond donors (Lipinski definition) is 1. The predicted octanol–water partition coefficient (Wildman–Crippen LogP) is 4.57. The topological polar surface area (TPSA) is 72.7 Å². The molecule has 0 unspecified atom stereocenters. The molecule has 0 fully saturated rings. The molecule has 1 N–H and O–H groups in total. The summed E-state index contributed by atoms with van der Waals surface area (Å²) in [6.45, 7) is 12.3. The molecule has 0 spiro atoms. The molecular formula is C22H25N5OS. The largest absolute Gasteiger partial charge is 0.325 e. The summed E-state index contributed by atoms with van der Waals surface area (Å²) in [6, 6.07) is 7.92. The maximum absolute atomic E-state index is 12.8. The number of carbonyl (C=O) groups excluding carboxylic acids is 1. The van der Waals surface area contributed by atoms with Crippen LogP contribution >= 0.6 is 11.8 Å². The van der Waals surface area contributed by atoms with Gasteiger partial charge in [-0.25, -0.2) is 0 Å². The number of benzene rings is 1. The number of nitrogens with one attached hydrogen (secondary N) is 1. The molecule has 0 saturated heterocycles. The highest BCUT2D eigenvalue weighted by atomic mass is 32.2. The molecule has 7 heteroatoms. The average Bonchev–Trinajstić information content (AvgIpc) is 3.07. The quantitative estimate of drug-likeness (QED) is 0.459. The first-order chi connectivity index (χ1) is 13.9. The molecule has 3 aromatic rings. The fraction of sp³-hybridized carbons (Fsp3) is 0.273. The highest BCUT2D eigenvalue weighted by Gasteiger charge is 2.21. The monoisotopic (exact) mass is 407 g/mol. The van der Waals surface area contributed by atoms with Crippen molar-refractivity contribution in [3.63, 3.8) is 0 Å².